The molecule has 0 aromatic heterocycles. The highest BCUT2D eigenvalue weighted by Gasteiger charge is 2.02. The van der Waals surface area contributed by atoms with E-state index in [1.807, 2.05) is 24.3 Å². The Morgan fingerprint density at radius 2 is 1.94 bits per heavy atom. The molecular formula is C14H12Cl2FN. The van der Waals surface area contributed by atoms with Gasteiger partial charge in [0.15, 0.2) is 0 Å². The summed E-state index contributed by atoms with van der Waals surface area (Å²) in [5.74, 6) is 0.182. The lowest BCUT2D eigenvalue weighted by Crippen LogP contribution is -2.00. The molecule has 1 nitrogen and oxygen atoms in total. The molecule has 0 bridgehead atoms. The summed E-state index contributed by atoms with van der Waals surface area (Å²) in [6.07, 6.45) is 0. The smallest absolute Gasteiger partial charge is 0.123 e. The molecule has 0 aliphatic rings. The van der Waals surface area contributed by atoms with E-state index in [9.17, 15) is 4.39 Å². The third-order valence-electron chi connectivity index (χ3n) is 2.57. The zero-order chi connectivity index (χ0) is 13.0. The summed E-state index contributed by atoms with van der Waals surface area (Å²) in [7, 11) is 0. The van der Waals surface area contributed by atoms with Crippen LogP contribution in [0.4, 0.5) is 10.1 Å². The first-order chi connectivity index (χ1) is 8.69. The van der Waals surface area contributed by atoms with Gasteiger partial charge in [0.05, 0.1) is 0 Å². The zero-order valence-corrected chi connectivity index (χ0v) is 11.1. The van der Waals surface area contributed by atoms with E-state index < -0.39 is 0 Å². The predicted octanol–water partition coefficient (Wildman–Crippen LogP) is 4.83. The molecule has 0 aliphatic carbocycles. The largest absolute Gasteiger partial charge is 0.381 e. The van der Waals surface area contributed by atoms with Crippen LogP contribution in [-0.4, -0.2) is 0 Å². The zero-order valence-electron chi connectivity index (χ0n) is 9.59. The van der Waals surface area contributed by atoms with Gasteiger partial charge in [-0.05, 0) is 41.5 Å². The summed E-state index contributed by atoms with van der Waals surface area (Å²) >= 11 is 11.8. The monoisotopic (exact) mass is 283 g/mol. The molecule has 0 saturated heterocycles. The van der Waals surface area contributed by atoms with Crippen molar-refractivity contribution in [2.45, 2.75) is 12.4 Å². The van der Waals surface area contributed by atoms with Gasteiger partial charge < -0.3 is 5.32 Å². The first kappa shape index (κ1) is 13.2. The van der Waals surface area contributed by atoms with Gasteiger partial charge in [-0.15, -0.1) is 11.6 Å². The summed E-state index contributed by atoms with van der Waals surface area (Å²) in [4.78, 5) is 0. The Labute approximate surface area is 116 Å². The molecule has 0 unspecified atom stereocenters. The quantitative estimate of drug-likeness (QED) is 0.793. The highest BCUT2D eigenvalue weighted by atomic mass is 35.5. The lowest BCUT2D eigenvalue weighted by Gasteiger charge is -2.09. The average molecular weight is 284 g/mol. The minimum absolute atomic E-state index is 0.286. The summed E-state index contributed by atoms with van der Waals surface area (Å²) in [5.41, 5.74) is 2.70. The molecule has 0 amide bonds. The number of halogens is 3. The molecule has 94 valence electrons. The minimum Gasteiger partial charge on any atom is -0.381 e. The fraction of sp³-hybridized carbons (Fsp3) is 0.143. The van der Waals surface area contributed by atoms with E-state index in [0.29, 0.717) is 17.4 Å². The van der Waals surface area contributed by atoms with Crippen molar-refractivity contribution in [1.82, 2.24) is 0 Å². The molecule has 2 aromatic carbocycles. The van der Waals surface area contributed by atoms with E-state index in [0.717, 1.165) is 16.8 Å². The van der Waals surface area contributed by atoms with E-state index in [-0.39, 0.29) is 5.82 Å². The third-order valence-corrected chi connectivity index (χ3v) is 3.25. The van der Waals surface area contributed by atoms with Gasteiger partial charge in [-0.25, -0.2) is 4.39 Å². The van der Waals surface area contributed by atoms with Crippen molar-refractivity contribution >= 4 is 28.9 Å². The summed E-state index contributed by atoms with van der Waals surface area (Å²) < 4.78 is 13.1. The van der Waals surface area contributed by atoms with Crippen LogP contribution in [0.1, 0.15) is 11.1 Å². The fourth-order valence-corrected chi connectivity index (χ4v) is 1.99. The molecule has 4 heteroatoms. The molecule has 0 spiro atoms. The van der Waals surface area contributed by atoms with E-state index in [2.05, 4.69) is 5.32 Å². The molecule has 1 N–H and O–H groups in total. The number of hydrogen-bond donors (Lipinski definition) is 1. The number of rotatable bonds is 4. The Bertz CT molecular complexity index is 543. The highest BCUT2D eigenvalue weighted by Crippen LogP contribution is 2.19. The van der Waals surface area contributed by atoms with Gasteiger partial charge in [0.2, 0.25) is 0 Å². The molecule has 0 fully saturated rings. The average Bonchev–Trinajstić information content (AvgIpc) is 2.40. The molecule has 2 aromatic rings. The standard InChI is InChI=1S/C14H12Cl2FN/c15-8-10-2-1-3-13(6-10)18-9-11-7-12(17)4-5-14(11)16/h1-7,18H,8-9H2. The maximum absolute atomic E-state index is 13.1. The molecular weight excluding hydrogens is 272 g/mol. The predicted molar refractivity (Wildman–Crippen MR) is 74.7 cm³/mol. The summed E-state index contributed by atoms with van der Waals surface area (Å²) in [6, 6.07) is 12.1. The first-order valence-corrected chi connectivity index (χ1v) is 6.43. The molecule has 0 aliphatic heterocycles. The Morgan fingerprint density at radius 1 is 1.11 bits per heavy atom. The van der Waals surface area contributed by atoms with E-state index >= 15 is 0 Å². The van der Waals surface area contributed by atoms with Gasteiger partial charge in [0.1, 0.15) is 5.82 Å². The Morgan fingerprint density at radius 3 is 2.72 bits per heavy atom. The van der Waals surface area contributed by atoms with Gasteiger partial charge in [-0.1, -0.05) is 23.7 Å². The van der Waals surface area contributed by atoms with Crippen LogP contribution in [0.15, 0.2) is 42.5 Å². The van der Waals surface area contributed by atoms with Crippen molar-refractivity contribution in [1.29, 1.82) is 0 Å². The molecule has 0 atom stereocenters. The lowest BCUT2D eigenvalue weighted by molar-refractivity contribution is 0.626. The lowest BCUT2D eigenvalue weighted by atomic mass is 10.2. The van der Waals surface area contributed by atoms with Gasteiger partial charge in [0, 0.05) is 23.1 Å². The van der Waals surface area contributed by atoms with Crippen LogP contribution in [0, 0.1) is 5.82 Å². The van der Waals surface area contributed by atoms with Crippen molar-refractivity contribution in [3.05, 3.63) is 64.4 Å². The minimum atomic E-state index is -0.286. The first-order valence-electron chi connectivity index (χ1n) is 5.52. The van der Waals surface area contributed by atoms with Crippen LogP contribution in [0.25, 0.3) is 0 Å². The maximum atomic E-state index is 13.1. The van der Waals surface area contributed by atoms with Crippen LogP contribution in [0.3, 0.4) is 0 Å². The number of anilines is 1. The fourth-order valence-electron chi connectivity index (χ4n) is 1.64. The maximum Gasteiger partial charge on any atom is 0.123 e. The van der Waals surface area contributed by atoms with Crippen molar-refractivity contribution in [2.75, 3.05) is 5.32 Å². The SMILES string of the molecule is Fc1ccc(Cl)c(CNc2cccc(CCl)c2)c1. The third kappa shape index (κ3) is 3.37. The van der Waals surface area contributed by atoms with Gasteiger partial charge in [0.25, 0.3) is 0 Å². The van der Waals surface area contributed by atoms with E-state index in [4.69, 9.17) is 23.2 Å². The normalized spacial score (nSPS) is 10.4. The van der Waals surface area contributed by atoms with Crippen molar-refractivity contribution in [3.8, 4) is 0 Å². The highest BCUT2D eigenvalue weighted by molar-refractivity contribution is 6.31. The van der Waals surface area contributed by atoms with Crippen molar-refractivity contribution in [2.24, 2.45) is 0 Å². The van der Waals surface area contributed by atoms with Crippen molar-refractivity contribution in [3.63, 3.8) is 0 Å². The number of benzene rings is 2. The van der Waals surface area contributed by atoms with Crippen LogP contribution in [0.5, 0.6) is 0 Å². The van der Waals surface area contributed by atoms with Crippen LogP contribution >= 0.6 is 23.2 Å². The number of nitrogens with one attached hydrogen (secondary N) is 1. The number of alkyl halides is 1. The van der Waals surface area contributed by atoms with Crippen LogP contribution < -0.4 is 5.32 Å². The second-order valence-electron chi connectivity index (χ2n) is 3.92. The van der Waals surface area contributed by atoms with Crippen molar-refractivity contribution < 1.29 is 4.39 Å². The van der Waals surface area contributed by atoms with Gasteiger partial charge in [-0.2, -0.15) is 0 Å². The van der Waals surface area contributed by atoms with Gasteiger partial charge in [-0.3, -0.25) is 0 Å². The van der Waals surface area contributed by atoms with Gasteiger partial charge >= 0.3 is 0 Å². The van der Waals surface area contributed by atoms with Crippen LogP contribution in [-0.2, 0) is 12.4 Å². The molecule has 0 heterocycles. The van der Waals surface area contributed by atoms with E-state index in [1.54, 1.807) is 6.07 Å². The Balaban J connectivity index is 2.08. The van der Waals surface area contributed by atoms with E-state index in [1.165, 1.54) is 12.1 Å². The second kappa shape index (κ2) is 6.07. The number of hydrogen-bond acceptors (Lipinski definition) is 1. The summed E-state index contributed by atoms with van der Waals surface area (Å²) in [6.45, 7) is 0.475. The molecule has 2 rings (SSSR count). The Kier molecular flexibility index (Phi) is 4.45. The van der Waals surface area contributed by atoms with Crippen LogP contribution in [0.2, 0.25) is 5.02 Å². The summed E-state index contributed by atoms with van der Waals surface area (Å²) in [5, 5.41) is 3.75. The topological polar surface area (TPSA) is 12.0 Å². The Hall–Kier alpha value is -1.25. The molecule has 0 radical (unpaired) electrons. The molecule has 18 heavy (non-hydrogen) atoms. The molecule has 0 saturated carbocycles. The second-order valence-corrected chi connectivity index (χ2v) is 4.60.